The standard InChI is InChI=1S/C18H32FNO/c1-11(2)16-14(7)21-18(17(16)12(3)4)8-9-20(13(5)6)10-15(18)19/h11-15H,8-10H2,1-7H3/t14-,15-,18-/m0/s1. The van der Waals surface area contributed by atoms with Crippen LogP contribution in [0.3, 0.4) is 0 Å². The maximum Gasteiger partial charge on any atom is 0.145 e. The van der Waals surface area contributed by atoms with Crippen LogP contribution in [0, 0.1) is 11.8 Å². The van der Waals surface area contributed by atoms with Crippen LogP contribution in [0.15, 0.2) is 11.1 Å². The van der Waals surface area contributed by atoms with Gasteiger partial charge in [0.05, 0.1) is 6.10 Å². The van der Waals surface area contributed by atoms with Crippen molar-refractivity contribution < 1.29 is 9.13 Å². The SMILES string of the molecule is CC(C)C1=C(C(C)C)[C@@]2(CCN(C(C)C)C[C@@H]2F)O[C@H]1C. The Kier molecular flexibility index (Phi) is 4.84. The van der Waals surface area contributed by atoms with Gasteiger partial charge in [0.25, 0.3) is 0 Å². The molecule has 2 rings (SSSR count). The van der Waals surface area contributed by atoms with Crippen LogP contribution in [0.25, 0.3) is 0 Å². The zero-order valence-electron chi connectivity index (χ0n) is 14.7. The van der Waals surface area contributed by atoms with Crippen molar-refractivity contribution in [1.82, 2.24) is 4.90 Å². The van der Waals surface area contributed by atoms with E-state index in [0.717, 1.165) is 13.0 Å². The molecule has 2 heterocycles. The molecule has 0 unspecified atom stereocenters. The summed E-state index contributed by atoms with van der Waals surface area (Å²) in [5.74, 6) is 0.767. The molecule has 2 aliphatic rings. The third-order valence-corrected chi connectivity index (χ3v) is 5.19. The summed E-state index contributed by atoms with van der Waals surface area (Å²) < 4.78 is 21.5. The number of likely N-dealkylation sites (tertiary alicyclic amines) is 1. The van der Waals surface area contributed by atoms with Gasteiger partial charge in [0.2, 0.25) is 0 Å². The van der Waals surface area contributed by atoms with Crippen molar-refractivity contribution >= 4 is 0 Å². The molecule has 0 N–H and O–H groups in total. The Morgan fingerprint density at radius 2 is 1.76 bits per heavy atom. The molecule has 1 saturated heterocycles. The lowest BCUT2D eigenvalue weighted by Crippen LogP contribution is -2.57. The highest BCUT2D eigenvalue weighted by Gasteiger charge is 2.54. The zero-order chi connectivity index (χ0) is 15.9. The van der Waals surface area contributed by atoms with Gasteiger partial charge < -0.3 is 4.74 Å². The molecular formula is C18H32FNO. The molecule has 122 valence electrons. The zero-order valence-corrected chi connectivity index (χ0v) is 14.7. The summed E-state index contributed by atoms with van der Waals surface area (Å²) in [6.45, 7) is 16.6. The van der Waals surface area contributed by atoms with Crippen molar-refractivity contribution in [2.24, 2.45) is 11.8 Å². The fourth-order valence-electron chi connectivity index (χ4n) is 4.32. The summed E-state index contributed by atoms with van der Waals surface area (Å²) in [5.41, 5.74) is 1.92. The third-order valence-electron chi connectivity index (χ3n) is 5.19. The molecule has 2 nitrogen and oxygen atoms in total. The average Bonchev–Trinajstić information content (AvgIpc) is 2.66. The van der Waals surface area contributed by atoms with E-state index in [4.69, 9.17) is 4.74 Å². The molecule has 0 aromatic carbocycles. The van der Waals surface area contributed by atoms with Gasteiger partial charge >= 0.3 is 0 Å². The van der Waals surface area contributed by atoms with Crippen molar-refractivity contribution in [3.63, 3.8) is 0 Å². The number of piperidine rings is 1. The summed E-state index contributed by atoms with van der Waals surface area (Å²) in [4.78, 5) is 2.23. The average molecular weight is 297 g/mol. The fourth-order valence-corrected chi connectivity index (χ4v) is 4.32. The van der Waals surface area contributed by atoms with Gasteiger partial charge in [-0.15, -0.1) is 0 Å². The van der Waals surface area contributed by atoms with Crippen molar-refractivity contribution in [2.45, 2.75) is 78.8 Å². The Labute approximate surface area is 129 Å². The molecule has 3 heteroatoms. The minimum Gasteiger partial charge on any atom is -0.360 e. The fraction of sp³-hybridized carbons (Fsp3) is 0.889. The smallest absolute Gasteiger partial charge is 0.145 e. The van der Waals surface area contributed by atoms with Gasteiger partial charge in [-0.25, -0.2) is 4.39 Å². The predicted octanol–water partition coefficient (Wildman–Crippen LogP) is 4.20. The minimum absolute atomic E-state index is 0.0475. The van der Waals surface area contributed by atoms with Crippen LogP contribution < -0.4 is 0 Å². The quantitative estimate of drug-likeness (QED) is 0.724. The van der Waals surface area contributed by atoms with E-state index in [2.05, 4.69) is 53.4 Å². The Bertz CT molecular complexity index is 415. The summed E-state index contributed by atoms with van der Waals surface area (Å²) in [6.07, 6.45) is -0.101. The highest BCUT2D eigenvalue weighted by molar-refractivity contribution is 5.37. The van der Waals surface area contributed by atoms with Crippen LogP contribution in [0.5, 0.6) is 0 Å². The highest BCUT2D eigenvalue weighted by Crippen LogP contribution is 2.49. The number of rotatable bonds is 3. The minimum atomic E-state index is -0.926. The van der Waals surface area contributed by atoms with Gasteiger partial charge in [-0.2, -0.15) is 0 Å². The van der Waals surface area contributed by atoms with Gasteiger partial charge in [0, 0.05) is 19.1 Å². The van der Waals surface area contributed by atoms with Gasteiger partial charge in [0.15, 0.2) is 0 Å². The van der Waals surface area contributed by atoms with Crippen molar-refractivity contribution in [3.8, 4) is 0 Å². The van der Waals surface area contributed by atoms with E-state index in [1.165, 1.54) is 11.1 Å². The van der Waals surface area contributed by atoms with Gasteiger partial charge in [-0.05, 0) is 50.2 Å². The number of hydrogen-bond donors (Lipinski definition) is 0. The molecule has 2 aliphatic heterocycles. The summed E-state index contributed by atoms with van der Waals surface area (Å²) in [6, 6.07) is 0.399. The maximum absolute atomic E-state index is 15.2. The molecule has 1 fully saturated rings. The molecule has 1 spiro atoms. The van der Waals surface area contributed by atoms with E-state index >= 15 is 4.39 Å². The second kappa shape index (κ2) is 6.00. The topological polar surface area (TPSA) is 12.5 Å². The second-order valence-corrected chi connectivity index (χ2v) is 7.63. The normalized spacial score (nSPS) is 35.0. The molecule has 21 heavy (non-hydrogen) atoms. The first kappa shape index (κ1) is 17.0. The van der Waals surface area contributed by atoms with Crippen LogP contribution in [-0.4, -0.2) is 41.9 Å². The Hall–Kier alpha value is -0.410. The lowest BCUT2D eigenvalue weighted by Gasteiger charge is -2.45. The van der Waals surface area contributed by atoms with Gasteiger partial charge in [0.1, 0.15) is 11.8 Å². The molecule has 3 atom stereocenters. The van der Waals surface area contributed by atoms with E-state index in [1.54, 1.807) is 0 Å². The molecule has 0 radical (unpaired) electrons. The van der Waals surface area contributed by atoms with Crippen molar-refractivity contribution in [2.75, 3.05) is 13.1 Å². The Morgan fingerprint density at radius 3 is 2.19 bits per heavy atom. The lowest BCUT2D eigenvalue weighted by molar-refractivity contribution is -0.116. The number of nitrogens with zero attached hydrogens (tertiary/aromatic N) is 1. The van der Waals surface area contributed by atoms with E-state index in [0.29, 0.717) is 24.4 Å². The molecule has 0 aromatic rings. The van der Waals surface area contributed by atoms with Crippen LogP contribution >= 0.6 is 0 Å². The van der Waals surface area contributed by atoms with E-state index in [-0.39, 0.29) is 6.10 Å². The van der Waals surface area contributed by atoms with Crippen LogP contribution in [0.2, 0.25) is 0 Å². The Morgan fingerprint density at radius 1 is 1.14 bits per heavy atom. The van der Waals surface area contributed by atoms with E-state index in [1.807, 2.05) is 0 Å². The summed E-state index contributed by atoms with van der Waals surface area (Å²) in [5, 5.41) is 0. The first-order valence-corrected chi connectivity index (χ1v) is 8.51. The third kappa shape index (κ3) is 2.79. The van der Waals surface area contributed by atoms with Crippen LogP contribution in [0.4, 0.5) is 4.39 Å². The highest BCUT2D eigenvalue weighted by atomic mass is 19.1. The van der Waals surface area contributed by atoms with Gasteiger partial charge in [-0.3, -0.25) is 4.90 Å². The molecule has 0 aromatic heterocycles. The molecule has 0 saturated carbocycles. The number of alkyl halides is 1. The maximum atomic E-state index is 15.2. The monoisotopic (exact) mass is 297 g/mol. The number of ether oxygens (including phenoxy) is 1. The van der Waals surface area contributed by atoms with E-state index in [9.17, 15) is 0 Å². The summed E-state index contributed by atoms with van der Waals surface area (Å²) >= 11 is 0. The van der Waals surface area contributed by atoms with Crippen molar-refractivity contribution in [3.05, 3.63) is 11.1 Å². The molecule has 0 bridgehead atoms. The number of hydrogen-bond acceptors (Lipinski definition) is 2. The van der Waals surface area contributed by atoms with E-state index < -0.39 is 11.8 Å². The largest absolute Gasteiger partial charge is 0.360 e. The first-order valence-electron chi connectivity index (χ1n) is 8.51. The molecule has 0 amide bonds. The lowest BCUT2D eigenvalue weighted by atomic mass is 9.75. The van der Waals surface area contributed by atoms with Crippen molar-refractivity contribution in [1.29, 1.82) is 0 Å². The number of halogens is 1. The predicted molar refractivity (Wildman–Crippen MR) is 86.2 cm³/mol. The second-order valence-electron chi connectivity index (χ2n) is 7.63. The summed E-state index contributed by atoms with van der Waals surface area (Å²) in [7, 11) is 0. The first-order chi connectivity index (χ1) is 9.70. The van der Waals surface area contributed by atoms with Gasteiger partial charge in [-0.1, -0.05) is 27.7 Å². The Balaban J connectivity index is 2.39. The van der Waals surface area contributed by atoms with Crippen LogP contribution in [-0.2, 0) is 4.74 Å². The molecular weight excluding hydrogens is 265 g/mol. The van der Waals surface area contributed by atoms with Crippen LogP contribution in [0.1, 0.15) is 54.9 Å². The molecule has 0 aliphatic carbocycles.